The molecule has 5 aliphatic carbocycles. The van der Waals surface area contributed by atoms with E-state index in [9.17, 15) is 5.11 Å². The summed E-state index contributed by atoms with van der Waals surface area (Å²) in [6.45, 7) is 2.28. The zero-order chi connectivity index (χ0) is 12.3. The molecular formula is C17H28O. The Balaban J connectivity index is 1.56. The largest absolute Gasteiger partial charge is 0.393 e. The Kier molecular flexibility index (Phi) is 2.60. The van der Waals surface area contributed by atoms with Crippen LogP contribution < -0.4 is 0 Å². The molecule has 0 aromatic carbocycles. The standard InChI is InChI=1S/C17H28O/c1-11-4-15(2-3-16(11)18)17-8-12-5-13(9-17)7-14(6-12)10-17/h11-16,18H,2-10H2,1H3/t11-,12?,13?,14?,15-,16-,17?/m1/s1. The number of rotatable bonds is 1. The first-order valence-corrected chi connectivity index (χ1v) is 8.33. The average Bonchev–Trinajstić information content (AvgIpc) is 2.31. The fourth-order valence-electron chi connectivity index (χ4n) is 6.61. The molecule has 3 atom stereocenters. The lowest BCUT2D eigenvalue weighted by molar-refractivity contribution is -0.109. The van der Waals surface area contributed by atoms with Gasteiger partial charge in [0, 0.05) is 0 Å². The first kappa shape index (κ1) is 11.8. The molecule has 0 spiro atoms. The molecule has 0 heterocycles. The van der Waals surface area contributed by atoms with Crippen molar-refractivity contribution < 1.29 is 5.11 Å². The van der Waals surface area contributed by atoms with Crippen LogP contribution in [-0.2, 0) is 0 Å². The van der Waals surface area contributed by atoms with E-state index < -0.39 is 0 Å². The molecule has 5 rings (SSSR count). The van der Waals surface area contributed by atoms with Crippen LogP contribution in [0.4, 0.5) is 0 Å². The minimum atomic E-state index is -0.00448. The second kappa shape index (κ2) is 3.98. The second-order valence-electron chi connectivity index (χ2n) is 8.33. The first-order valence-electron chi connectivity index (χ1n) is 8.33. The van der Waals surface area contributed by atoms with E-state index in [2.05, 4.69) is 6.92 Å². The first-order chi connectivity index (χ1) is 8.64. The summed E-state index contributed by atoms with van der Waals surface area (Å²) in [5.41, 5.74) is 0.725. The monoisotopic (exact) mass is 248 g/mol. The van der Waals surface area contributed by atoms with Crippen LogP contribution in [0, 0.1) is 35.0 Å². The number of aliphatic hydroxyl groups is 1. The number of hydrogen-bond donors (Lipinski definition) is 1. The number of aliphatic hydroxyl groups excluding tert-OH is 1. The zero-order valence-corrected chi connectivity index (χ0v) is 11.8. The van der Waals surface area contributed by atoms with E-state index in [1.54, 1.807) is 38.5 Å². The van der Waals surface area contributed by atoms with Gasteiger partial charge >= 0.3 is 0 Å². The molecule has 102 valence electrons. The van der Waals surface area contributed by atoms with Crippen LogP contribution in [0.1, 0.15) is 64.7 Å². The van der Waals surface area contributed by atoms with Gasteiger partial charge in [0.15, 0.2) is 0 Å². The summed E-state index contributed by atoms with van der Waals surface area (Å²) >= 11 is 0. The highest BCUT2D eigenvalue weighted by molar-refractivity contribution is 5.05. The third kappa shape index (κ3) is 1.69. The maximum absolute atomic E-state index is 9.98. The van der Waals surface area contributed by atoms with Gasteiger partial charge in [-0.1, -0.05) is 6.92 Å². The predicted molar refractivity (Wildman–Crippen MR) is 73.1 cm³/mol. The Morgan fingerprint density at radius 3 is 1.89 bits per heavy atom. The maximum Gasteiger partial charge on any atom is 0.0566 e. The molecule has 5 fully saturated rings. The van der Waals surface area contributed by atoms with Gasteiger partial charge in [-0.25, -0.2) is 0 Å². The van der Waals surface area contributed by atoms with Crippen molar-refractivity contribution in [3.05, 3.63) is 0 Å². The third-order valence-corrected chi connectivity index (χ3v) is 7.08. The Morgan fingerprint density at radius 1 is 0.833 bits per heavy atom. The number of hydrogen-bond acceptors (Lipinski definition) is 1. The molecule has 5 aliphatic rings. The van der Waals surface area contributed by atoms with E-state index >= 15 is 0 Å². The maximum atomic E-state index is 9.98. The lowest BCUT2D eigenvalue weighted by Crippen LogP contribution is -2.51. The quantitative estimate of drug-likeness (QED) is 0.743. The van der Waals surface area contributed by atoms with E-state index in [0.29, 0.717) is 5.92 Å². The Morgan fingerprint density at radius 2 is 1.39 bits per heavy atom. The summed E-state index contributed by atoms with van der Waals surface area (Å²) in [5, 5.41) is 9.98. The van der Waals surface area contributed by atoms with E-state index in [1.807, 2.05) is 0 Å². The highest BCUT2D eigenvalue weighted by atomic mass is 16.3. The molecule has 5 saturated carbocycles. The molecule has 1 nitrogen and oxygen atoms in total. The van der Waals surface area contributed by atoms with Gasteiger partial charge < -0.3 is 5.11 Å². The Labute approximate surface area is 111 Å². The van der Waals surface area contributed by atoms with Crippen molar-refractivity contribution in [3.63, 3.8) is 0 Å². The molecule has 4 bridgehead atoms. The molecule has 0 amide bonds. The van der Waals surface area contributed by atoms with Crippen LogP contribution in [0.15, 0.2) is 0 Å². The van der Waals surface area contributed by atoms with Crippen molar-refractivity contribution in [1.29, 1.82) is 0 Å². The minimum absolute atomic E-state index is 0.00448. The van der Waals surface area contributed by atoms with Crippen molar-refractivity contribution in [3.8, 4) is 0 Å². The molecule has 0 radical (unpaired) electrons. The molecule has 0 aromatic rings. The van der Waals surface area contributed by atoms with Gasteiger partial charge in [0.2, 0.25) is 0 Å². The highest BCUT2D eigenvalue weighted by Crippen LogP contribution is 2.64. The lowest BCUT2D eigenvalue weighted by atomic mass is 9.45. The molecule has 18 heavy (non-hydrogen) atoms. The smallest absolute Gasteiger partial charge is 0.0566 e. The van der Waals surface area contributed by atoms with Crippen molar-refractivity contribution >= 4 is 0 Å². The van der Waals surface area contributed by atoms with Crippen LogP contribution in [0.25, 0.3) is 0 Å². The van der Waals surface area contributed by atoms with E-state index in [4.69, 9.17) is 0 Å². The topological polar surface area (TPSA) is 20.2 Å². The van der Waals surface area contributed by atoms with Gasteiger partial charge in [-0.2, -0.15) is 0 Å². The normalized spacial score (nSPS) is 59.0. The van der Waals surface area contributed by atoms with Crippen LogP contribution in [0.3, 0.4) is 0 Å². The van der Waals surface area contributed by atoms with Crippen molar-refractivity contribution in [2.75, 3.05) is 0 Å². The van der Waals surface area contributed by atoms with E-state index in [1.165, 1.54) is 12.8 Å². The van der Waals surface area contributed by atoms with Crippen LogP contribution in [0.5, 0.6) is 0 Å². The highest BCUT2D eigenvalue weighted by Gasteiger charge is 2.54. The van der Waals surface area contributed by atoms with E-state index in [0.717, 1.165) is 35.5 Å². The fraction of sp³-hybridized carbons (Fsp3) is 1.00. The van der Waals surface area contributed by atoms with Crippen LogP contribution in [0.2, 0.25) is 0 Å². The van der Waals surface area contributed by atoms with Crippen molar-refractivity contribution in [2.45, 2.75) is 70.8 Å². The SMILES string of the molecule is C[C@@H]1C[C@H](C23CC4CC(CC(C4)C2)C3)CC[C@H]1O. The average molecular weight is 248 g/mol. The molecule has 0 saturated heterocycles. The lowest BCUT2D eigenvalue weighted by Gasteiger charge is -2.60. The summed E-state index contributed by atoms with van der Waals surface area (Å²) in [4.78, 5) is 0. The summed E-state index contributed by atoms with van der Waals surface area (Å²) in [7, 11) is 0. The summed E-state index contributed by atoms with van der Waals surface area (Å²) in [5.74, 6) is 4.75. The predicted octanol–water partition coefficient (Wildman–Crippen LogP) is 4.00. The van der Waals surface area contributed by atoms with E-state index in [-0.39, 0.29) is 6.10 Å². The minimum Gasteiger partial charge on any atom is -0.393 e. The van der Waals surface area contributed by atoms with Gasteiger partial charge in [0.25, 0.3) is 0 Å². The molecular weight excluding hydrogens is 220 g/mol. The van der Waals surface area contributed by atoms with Crippen LogP contribution >= 0.6 is 0 Å². The third-order valence-electron chi connectivity index (χ3n) is 7.08. The van der Waals surface area contributed by atoms with Crippen molar-refractivity contribution in [2.24, 2.45) is 35.0 Å². The summed E-state index contributed by atoms with van der Waals surface area (Å²) in [6.07, 6.45) is 13.0. The molecule has 1 N–H and O–H groups in total. The van der Waals surface area contributed by atoms with Crippen LogP contribution in [-0.4, -0.2) is 11.2 Å². The van der Waals surface area contributed by atoms with Gasteiger partial charge in [-0.3, -0.25) is 0 Å². The molecule has 0 unspecified atom stereocenters. The summed E-state index contributed by atoms with van der Waals surface area (Å²) < 4.78 is 0. The molecule has 0 aliphatic heterocycles. The van der Waals surface area contributed by atoms with Gasteiger partial charge in [-0.05, 0) is 92.8 Å². The second-order valence-corrected chi connectivity index (χ2v) is 8.33. The summed E-state index contributed by atoms with van der Waals surface area (Å²) in [6, 6.07) is 0. The Bertz CT molecular complexity index is 299. The van der Waals surface area contributed by atoms with Crippen molar-refractivity contribution in [1.82, 2.24) is 0 Å². The Hall–Kier alpha value is -0.0400. The van der Waals surface area contributed by atoms with Gasteiger partial charge in [0.1, 0.15) is 0 Å². The molecule has 1 heteroatoms. The van der Waals surface area contributed by atoms with Gasteiger partial charge in [0.05, 0.1) is 6.10 Å². The zero-order valence-electron chi connectivity index (χ0n) is 11.8. The van der Waals surface area contributed by atoms with Gasteiger partial charge in [-0.15, -0.1) is 0 Å². The fourth-order valence-corrected chi connectivity index (χ4v) is 6.61. The molecule has 0 aromatic heterocycles.